The lowest BCUT2D eigenvalue weighted by Crippen LogP contribution is -2.33. The lowest BCUT2D eigenvalue weighted by molar-refractivity contribution is -0.137. The third kappa shape index (κ3) is 8.53. The number of fused-ring (bicyclic) bond motifs is 3. The second kappa shape index (κ2) is 17.0. The minimum atomic E-state index is -4.80. The third-order valence-corrected chi connectivity index (χ3v) is 11.0. The Morgan fingerprint density at radius 1 is 0.836 bits per heavy atom. The van der Waals surface area contributed by atoms with Crippen molar-refractivity contribution < 1.29 is 37.4 Å². The van der Waals surface area contributed by atoms with Crippen molar-refractivity contribution in [3.63, 3.8) is 0 Å². The molecule has 0 saturated carbocycles. The summed E-state index contributed by atoms with van der Waals surface area (Å²) in [5.41, 5.74) is 6.02. The van der Waals surface area contributed by atoms with Gasteiger partial charge in [0.2, 0.25) is 5.95 Å². The van der Waals surface area contributed by atoms with Crippen molar-refractivity contribution in [3.05, 3.63) is 161 Å². The Bertz CT molecular complexity index is 2560. The Morgan fingerprint density at radius 3 is 2.13 bits per heavy atom. The highest BCUT2D eigenvalue weighted by Gasteiger charge is 2.36. The number of para-hydroxylation sites is 2. The average molecular weight is 828 g/mol. The summed E-state index contributed by atoms with van der Waals surface area (Å²) in [6, 6.07) is 36.6. The number of likely N-dealkylation sites (tertiary alicyclic amines) is 1. The van der Waals surface area contributed by atoms with E-state index in [0.29, 0.717) is 36.1 Å². The molecule has 2 heterocycles. The molecule has 61 heavy (non-hydrogen) atoms. The third-order valence-electron chi connectivity index (χ3n) is 11.0. The molecule has 15 heteroatoms. The van der Waals surface area contributed by atoms with Crippen molar-refractivity contribution in [1.29, 1.82) is 0 Å². The molecule has 1 atom stereocenters. The number of hydrogen-bond donors (Lipinski definition) is 4. The number of carbonyl (C=O) groups is 3. The summed E-state index contributed by atoms with van der Waals surface area (Å²) in [6.07, 6.45) is -5.12. The molecule has 1 saturated heterocycles. The highest BCUT2D eigenvalue weighted by molar-refractivity contribution is 6.00. The number of carbonyl (C=O) groups excluding carboxylic acids is 2. The predicted octanol–water partition coefficient (Wildman–Crippen LogP) is 9.77. The summed E-state index contributed by atoms with van der Waals surface area (Å²) in [7, 11) is 1.42. The van der Waals surface area contributed by atoms with Crippen LogP contribution in [-0.2, 0) is 17.5 Å². The number of nitrogens with one attached hydrogen (secondary N) is 3. The van der Waals surface area contributed by atoms with E-state index in [1.807, 2.05) is 60.7 Å². The van der Waals surface area contributed by atoms with Crippen molar-refractivity contribution in [2.45, 2.75) is 31.0 Å². The fourth-order valence-corrected chi connectivity index (χ4v) is 7.99. The molecule has 1 aromatic heterocycles. The first-order valence-electron chi connectivity index (χ1n) is 19.6. The van der Waals surface area contributed by atoms with Crippen LogP contribution in [0.3, 0.4) is 0 Å². The highest BCUT2D eigenvalue weighted by atomic mass is 19.4. The van der Waals surface area contributed by atoms with Crippen LogP contribution < -0.4 is 20.9 Å². The Kier molecular flexibility index (Phi) is 11.3. The van der Waals surface area contributed by atoms with Gasteiger partial charge in [-0.25, -0.2) is 14.6 Å². The van der Waals surface area contributed by atoms with E-state index < -0.39 is 35.7 Å². The van der Waals surface area contributed by atoms with Gasteiger partial charge in [0.15, 0.2) is 0 Å². The molecule has 0 bridgehead atoms. The monoisotopic (exact) mass is 827 g/mol. The van der Waals surface area contributed by atoms with Gasteiger partial charge in [-0.2, -0.15) is 18.2 Å². The smallest absolute Gasteiger partial charge is 0.421 e. The minimum Gasteiger partial charge on any atom is -0.465 e. The number of alkyl halides is 3. The van der Waals surface area contributed by atoms with Crippen LogP contribution in [0.5, 0.6) is 0 Å². The van der Waals surface area contributed by atoms with Crippen LogP contribution in [0.4, 0.5) is 51.6 Å². The molecule has 1 aliphatic heterocycles. The van der Waals surface area contributed by atoms with Gasteiger partial charge >= 0.3 is 18.4 Å². The van der Waals surface area contributed by atoms with Gasteiger partial charge in [0.05, 0.1) is 23.5 Å². The van der Waals surface area contributed by atoms with Crippen LogP contribution in [-0.4, -0.2) is 64.8 Å². The number of rotatable bonds is 11. The predicted molar refractivity (Wildman–Crippen MR) is 225 cm³/mol. The van der Waals surface area contributed by atoms with Gasteiger partial charge in [-0.05, 0) is 70.1 Å². The zero-order chi connectivity index (χ0) is 42.7. The van der Waals surface area contributed by atoms with Crippen LogP contribution >= 0.6 is 0 Å². The molecule has 4 N–H and O–H groups in total. The highest BCUT2D eigenvalue weighted by Crippen LogP contribution is 2.45. The SMILES string of the molecule is CNC(=O)c1ccccc1Nc1nc(Nc2ccc(CN(C(=O)OCC3c4ccccc4-c4ccccc43)c3ccccc3C3CCN(C(=O)O)C3)cc2)ncc1C(F)(F)F. The molecule has 12 nitrogen and oxygen atoms in total. The van der Waals surface area contributed by atoms with Gasteiger partial charge in [0.1, 0.15) is 18.0 Å². The second-order valence-electron chi connectivity index (χ2n) is 14.7. The second-order valence-corrected chi connectivity index (χ2v) is 14.7. The molecular formula is C46H40F3N7O5. The van der Waals surface area contributed by atoms with Crippen molar-refractivity contribution >= 4 is 46.9 Å². The molecular weight excluding hydrogens is 788 g/mol. The first-order chi connectivity index (χ1) is 29.5. The Hall–Kier alpha value is -7.42. The van der Waals surface area contributed by atoms with Gasteiger partial charge in [-0.3, -0.25) is 9.69 Å². The number of aromatic nitrogens is 2. The topological polar surface area (TPSA) is 149 Å². The summed E-state index contributed by atoms with van der Waals surface area (Å²) in [5, 5.41) is 17.8. The van der Waals surface area contributed by atoms with Crippen molar-refractivity contribution in [1.82, 2.24) is 20.2 Å². The summed E-state index contributed by atoms with van der Waals surface area (Å²) in [6.45, 7) is 0.831. The molecule has 0 spiro atoms. The normalized spacial score (nSPS) is 14.5. The maximum absolute atomic E-state index is 14.4. The van der Waals surface area contributed by atoms with Gasteiger partial charge in [-0.15, -0.1) is 0 Å². The zero-order valence-electron chi connectivity index (χ0n) is 32.8. The van der Waals surface area contributed by atoms with E-state index in [4.69, 9.17) is 4.74 Å². The van der Waals surface area contributed by atoms with Gasteiger partial charge in [-0.1, -0.05) is 91.0 Å². The summed E-state index contributed by atoms with van der Waals surface area (Å²) >= 11 is 0. The van der Waals surface area contributed by atoms with Crippen LogP contribution in [0.25, 0.3) is 11.1 Å². The molecule has 1 fully saturated rings. The van der Waals surface area contributed by atoms with Crippen LogP contribution in [0, 0.1) is 0 Å². The van der Waals surface area contributed by atoms with Crippen LogP contribution in [0.1, 0.15) is 56.4 Å². The molecule has 5 aromatic carbocycles. The summed E-state index contributed by atoms with van der Waals surface area (Å²) in [5.74, 6) is -1.51. The number of amides is 3. The Morgan fingerprint density at radius 2 is 1.48 bits per heavy atom. The van der Waals surface area contributed by atoms with E-state index in [0.717, 1.165) is 27.8 Å². The lowest BCUT2D eigenvalue weighted by atomic mass is 9.96. The van der Waals surface area contributed by atoms with Gasteiger partial charge in [0.25, 0.3) is 5.91 Å². The van der Waals surface area contributed by atoms with E-state index in [1.54, 1.807) is 41.3 Å². The molecule has 6 aromatic rings. The number of carboxylic acid groups (broad SMARTS) is 1. The number of hydrogen-bond acceptors (Lipinski definition) is 8. The standard InChI is InChI=1S/C46H40F3N7O5/c1-50-42(57)36-15-6-8-16-39(36)53-41-38(46(47,48)49)24-51-43(54-41)52-30-20-18-28(19-21-30)25-56(40-17-9-7-10-31(40)29-22-23-55(26-29)44(58)59)45(60)61-27-37-34-13-4-2-11-32(34)33-12-3-5-14-35(33)37/h2-21,24,29,37H,22-23,25-27H2,1H3,(H,50,57)(H,58,59)(H2,51,52,53,54). The van der Waals surface area contributed by atoms with E-state index in [-0.39, 0.29) is 48.7 Å². The first kappa shape index (κ1) is 40.4. The largest absolute Gasteiger partial charge is 0.465 e. The number of anilines is 5. The Labute approximate surface area is 349 Å². The molecule has 1 aliphatic carbocycles. The van der Waals surface area contributed by atoms with Crippen molar-refractivity contribution in [3.8, 4) is 11.1 Å². The fourth-order valence-electron chi connectivity index (χ4n) is 7.99. The number of ether oxygens (including phenoxy) is 1. The van der Waals surface area contributed by atoms with Crippen LogP contribution in [0.2, 0.25) is 0 Å². The summed E-state index contributed by atoms with van der Waals surface area (Å²) < 4.78 is 48.4. The van der Waals surface area contributed by atoms with E-state index in [1.165, 1.54) is 24.1 Å². The lowest BCUT2D eigenvalue weighted by Gasteiger charge is -2.27. The molecule has 3 amide bonds. The van der Waals surface area contributed by atoms with E-state index in [9.17, 15) is 32.7 Å². The van der Waals surface area contributed by atoms with Crippen molar-refractivity contribution in [2.75, 3.05) is 42.3 Å². The fraction of sp³-hybridized carbons (Fsp3) is 0.196. The number of nitrogens with zero attached hydrogens (tertiary/aromatic N) is 4. The number of benzene rings is 5. The minimum absolute atomic E-state index is 0.0823. The van der Waals surface area contributed by atoms with Gasteiger partial charge < -0.3 is 30.7 Å². The molecule has 0 radical (unpaired) electrons. The first-order valence-corrected chi connectivity index (χ1v) is 19.6. The molecule has 8 rings (SSSR count). The van der Waals surface area contributed by atoms with E-state index in [2.05, 4.69) is 38.1 Å². The maximum Gasteiger partial charge on any atom is 0.421 e. The average Bonchev–Trinajstić information content (AvgIpc) is 3.89. The van der Waals surface area contributed by atoms with Crippen molar-refractivity contribution in [2.24, 2.45) is 0 Å². The molecule has 2 aliphatic rings. The van der Waals surface area contributed by atoms with Gasteiger partial charge in [0, 0.05) is 43.9 Å². The number of halogens is 3. The zero-order valence-corrected chi connectivity index (χ0v) is 32.8. The summed E-state index contributed by atoms with van der Waals surface area (Å²) in [4.78, 5) is 49.6. The molecule has 1 unspecified atom stereocenters. The Balaban J connectivity index is 1.05. The quantitative estimate of drug-likeness (QED) is 0.100. The molecule has 310 valence electrons. The van der Waals surface area contributed by atoms with E-state index >= 15 is 0 Å². The van der Waals surface area contributed by atoms with Crippen LogP contribution in [0.15, 0.2) is 128 Å². The maximum atomic E-state index is 14.4.